The molecule has 0 spiro atoms. The smallest absolute Gasteiger partial charge is 0.129 e. The van der Waals surface area contributed by atoms with Crippen LogP contribution < -0.4 is 0 Å². The Morgan fingerprint density at radius 3 is 2.24 bits per heavy atom. The summed E-state index contributed by atoms with van der Waals surface area (Å²) in [5.41, 5.74) is 6.32. The second-order valence-corrected chi connectivity index (χ2v) is 9.88. The molecule has 0 aliphatic heterocycles. The Bertz CT molecular complexity index is 455. The predicted molar refractivity (Wildman–Crippen MR) is 77.2 cm³/mol. The number of aliphatic hydroxyl groups excluding tert-OH is 1. The van der Waals surface area contributed by atoms with E-state index in [1.54, 1.807) is 0 Å². The zero-order chi connectivity index (χ0) is 12.9. The van der Waals surface area contributed by atoms with Gasteiger partial charge in [0.05, 0.1) is 6.61 Å². The molecule has 1 N–H and O–H groups in total. The van der Waals surface area contributed by atoms with Crippen molar-refractivity contribution in [1.82, 2.24) is 0 Å². The molecule has 0 bridgehead atoms. The highest BCUT2D eigenvalue weighted by Crippen LogP contribution is 2.17. The fourth-order valence-corrected chi connectivity index (χ4v) is 1.90. The summed E-state index contributed by atoms with van der Waals surface area (Å²) in [4.78, 5) is 0. The Hall–Kier alpha value is -1.30. The van der Waals surface area contributed by atoms with Gasteiger partial charge in [-0.1, -0.05) is 55.9 Å². The molecule has 0 saturated heterocycles. The lowest BCUT2D eigenvalue weighted by atomic mass is 10.0. The molecule has 1 rings (SSSR count). The SMILES string of the molecule is C/C(=C(\C#C[Si](C)(C)C)CO)c1ccccc1. The van der Waals surface area contributed by atoms with E-state index in [0.29, 0.717) is 0 Å². The Labute approximate surface area is 105 Å². The lowest BCUT2D eigenvalue weighted by Gasteiger charge is -2.07. The number of hydrogen-bond acceptors (Lipinski definition) is 1. The van der Waals surface area contributed by atoms with Gasteiger partial charge in [-0.25, -0.2) is 0 Å². The lowest BCUT2D eigenvalue weighted by molar-refractivity contribution is 0.336. The maximum Gasteiger partial charge on any atom is 0.129 e. The number of benzene rings is 1. The summed E-state index contributed by atoms with van der Waals surface area (Å²) in [6.07, 6.45) is 0. The molecule has 1 aromatic rings. The minimum atomic E-state index is -1.39. The molecule has 0 amide bonds. The third kappa shape index (κ3) is 4.60. The molecule has 17 heavy (non-hydrogen) atoms. The molecule has 2 heteroatoms. The van der Waals surface area contributed by atoms with Crippen molar-refractivity contribution in [1.29, 1.82) is 0 Å². The van der Waals surface area contributed by atoms with Gasteiger partial charge >= 0.3 is 0 Å². The van der Waals surface area contributed by atoms with Crippen LogP contribution in [0, 0.1) is 11.5 Å². The Balaban J connectivity index is 3.11. The third-order valence-corrected chi connectivity index (χ3v) is 3.28. The van der Waals surface area contributed by atoms with Crippen LogP contribution in [0.4, 0.5) is 0 Å². The van der Waals surface area contributed by atoms with Gasteiger partial charge in [-0.05, 0) is 18.1 Å². The summed E-state index contributed by atoms with van der Waals surface area (Å²) in [7, 11) is -1.39. The minimum Gasteiger partial charge on any atom is -0.391 e. The predicted octanol–water partition coefficient (Wildman–Crippen LogP) is 3.33. The molecule has 0 unspecified atom stereocenters. The van der Waals surface area contributed by atoms with Crippen molar-refractivity contribution in [2.75, 3.05) is 6.61 Å². The van der Waals surface area contributed by atoms with Gasteiger partial charge in [-0.3, -0.25) is 0 Å². The zero-order valence-corrected chi connectivity index (χ0v) is 12.0. The average Bonchev–Trinajstić information content (AvgIpc) is 2.29. The quantitative estimate of drug-likeness (QED) is 0.625. The fraction of sp³-hybridized carbons (Fsp3) is 0.333. The summed E-state index contributed by atoms with van der Waals surface area (Å²) in [6, 6.07) is 10.1. The van der Waals surface area contributed by atoms with E-state index in [1.807, 2.05) is 37.3 Å². The molecule has 0 atom stereocenters. The van der Waals surface area contributed by atoms with E-state index in [-0.39, 0.29) is 6.61 Å². The van der Waals surface area contributed by atoms with Gasteiger partial charge in [-0.2, -0.15) is 0 Å². The van der Waals surface area contributed by atoms with E-state index in [1.165, 1.54) is 0 Å². The van der Waals surface area contributed by atoms with Crippen molar-refractivity contribution in [2.45, 2.75) is 26.6 Å². The first-order chi connectivity index (χ1) is 7.94. The first-order valence-corrected chi connectivity index (χ1v) is 9.33. The van der Waals surface area contributed by atoms with Crippen LogP contribution in [0.25, 0.3) is 5.57 Å². The Kier molecular flexibility index (Phi) is 4.74. The summed E-state index contributed by atoms with van der Waals surface area (Å²) >= 11 is 0. The average molecular weight is 244 g/mol. The van der Waals surface area contributed by atoms with Crippen molar-refractivity contribution < 1.29 is 5.11 Å². The van der Waals surface area contributed by atoms with E-state index in [4.69, 9.17) is 0 Å². The van der Waals surface area contributed by atoms with Crippen LogP contribution in [0.2, 0.25) is 19.6 Å². The molecule has 0 aliphatic rings. The standard InChI is InChI=1S/C15H20OSi/c1-13(14-8-6-5-7-9-14)15(12-16)10-11-17(2,3)4/h5-9,16H,12H2,1-4H3/b15-13-. The second kappa shape index (κ2) is 5.86. The van der Waals surface area contributed by atoms with Crippen molar-refractivity contribution in [3.05, 3.63) is 41.5 Å². The first-order valence-electron chi connectivity index (χ1n) is 5.83. The van der Waals surface area contributed by atoms with E-state index >= 15 is 0 Å². The third-order valence-electron chi connectivity index (χ3n) is 2.41. The number of aliphatic hydroxyl groups is 1. The highest BCUT2D eigenvalue weighted by molar-refractivity contribution is 6.83. The van der Waals surface area contributed by atoms with E-state index < -0.39 is 8.07 Å². The van der Waals surface area contributed by atoms with Crippen molar-refractivity contribution >= 4 is 13.6 Å². The van der Waals surface area contributed by atoms with Gasteiger partial charge in [0, 0.05) is 5.57 Å². The van der Waals surface area contributed by atoms with Crippen LogP contribution in [-0.2, 0) is 0 Å². The molecular formula is C15H20OSi. The van der Waals surface area contributed by atoms with Crippen LogP contribution in [0.3, 0.4) is 0 Å². The summed E-state index contributed by atoms with van der Waals surface area (Å²) in [5.74, 6) is 3.15. The molecule has 0 aliphatic carbocycles. The molecule has 0 radical (unpaired) electrons. The summed E-state index contributed by atoms with van der Waals surface area (Å²) < 4.78 is 0. The molecule has 0 fully saturated rings. The fourth-order valence-electron chi connectivity index (χ4n) is 1.38. The van der Waals surface area contributed by atoms with Crippen LogP contribution >= 0.6 is 0 Å². The number of hydrogen-bond donors (Lipinski definition) is 1. The summed E-state index contributed by atoms with van der Waals surface area (Å²) in [5, 5.41) is 9.41. The normalized spacial score (nSPS) is 12.5. The zero-order valence-electron chi connectivity index (χ0n) is 11.0. The molecule has 0 heterocycles. The van der Waals surface area contributed by atoms with Gasteiger partial charge < -0.3 is 5.11 Å². The van der Waals surface area contributed by atoms with Crippen LogP contribution in [0.1, 0.15) is 12.5 Å². The van der Waals surface area contributed by atoms with E-state index in [2.05, 4.69) is 31.1 Å². The second-order valence-electron chi connectivity index (χ2n) is 5.13. The Morgan fingerprint density at radius 2 is 1.76 bits per heavy atom. The minimum absolute atomic E-state index is 0.0121. The van der Waals surface area contributed by atoms with Crippen LogP contribution in [-0.4, -0.2) is 19.8 Å². The topological polar surface area (TPSA) is 20.2 Å². The lowest BCUT2D eigenvalue weighted by Crippen LogP contribution is -2.16. The van der Waals surface area contributed by atoms with Crippen molar-refractivity contribution in [3.8, 4) is 11.5 Å². The number of rotatable bonds is 2. The highest BCUT2D eigenvalue weighted by atomic mass is 28.3. The highest BCUT2D eigenvalue weighted by Gasteiger charge is 2.08. The van der Waals surface area contributed by atoms with Gasteiger partial charge in [0.25, 0.3) is 0 Å². The molecule has 90 valence electrons. The number of allylic oxidation sites excluding steroid dienone is 1. The maximum absolute atomic E-state index is 9.41. The van der Waals surface area contributed by atoms with Crippen LogP contribution in [0.15, 0.2) is 35.9 Å². The molecule has 1 nitrogen and oxygen atoms in total. The van der Waals surface area contributed by atoms with Gasteiger partial charge in [-0.15, -0.1) is 5.54 Å². The van der Waals surface area contributed by atoms with Gasteiger partial charge in [0.15, 0.2) is 0 Å². The van der Waals surface area contributed by atoms with E-state index in [0.717, 1.165) is 16.7 Å². The molecule has 1 aromatic carbocycles. The summed E-state index contributed by atoms with van der Waals surface area (Å²) in [6.45, 7) is 8.63. The van der Waals surface area contributed by atoms with Crippen LogP contribution in [0.5, 0.6) is 0 Å². The molecule has 0 aromatic heterocycles. The van der Waals surface area contributed by atoms with Gasteiger partial charge in [0.2, 0.25) is 0 Å². The largest absolute Gasteiger partial charge is 0.391 e. The van der Waals surface area contributed by atoms with E-state index in [9.17, 15) is 5.11 Å². The molecular weight excluding hydrogens is 224 g/mol. The monoisotopic (exact) mass is 244 g/mol. The maximum atomic E-state index is 9.41. The van der Waals surface area contributed by atoms with Crippen molar-refractivity contribution in [3.63, 3.8) is 0 Å². The molecule has 0 saturated carbocycles. The Morgan fingerprint density at radius 1 is 1.18 bits per heavy atom. The van der Waals surface area contributed by atoms with Gasteiger partial charge in [0.1, 0.15) is 8.07 Å². The first kappa shape index (κ1) is 13.8. The van der Waals surface area contributed by atoms with Crippen molar-refractivity contribution in [2.24, 2.45) is 0 Å².